The molecular weight excluding hydrogens is 336 g/mol. The Bertz CT molecular complexity index is 535. The van der Waals surface area contributed by atoms with Crippen molar-refractivity contribution in [1.82, 2.24) is 9.80 Å². The van der Waals surface area contributed by atoms with Gasteiger partial charge >= 0.3 is 5.97 Å². The van der Waals surface area contributed by atoms with Gasteiger partial charge in [-0.05, 0) is 31.0 Å². The van der Waals surface area contributed by atoms with Crippen LogP contribution in [0.25, 0.3) is 0 Å². The molecule has 1 N–H and O–H groups in total. The van der Waals surface area contributed by atoms with Crippen molar-refractivity contribution >= 4 is 27.8 Å². The van der Waals surface area contributed by atoms with Gasteiger partial charge in [0, 0.05) is 18.1 Å². The largest absolute Gasteiger partial charge is 0.480 e. The third-order valence-electron chi connectivity index (χ3n) is 3.78. The van der Waals surface area contributed by atoms with Crippen LogP contribution in [0.2, 0.25) is 0 Å². The summed E-state index contributed by atoms with van der Waals surface area (Å²) in [6, 6.07) is 7.24. The molecule has 0 bridgehead atoms. The molecule has 1 heterocycles. The van der Waals surface area contributed by atoms with E-state index in [4.69, 9.17) is 5.11 Å². The first-order chi connectivity index (χ1) is 9.99. The van der Waals surface area contributed by atoms with Gasteiger partial charge < -0.3 is 10.0 Å². The molecule has 1 fully saturated rings. The maximum atomic E-state index is 12.3. The average Bonchev–Trinajstić information content (AvgIpc) is 2.89. The van der Waals surface area contributed by atoms with Crippen LogP contribution in [0.3, 0.4) is 0 Å². The second kappa shape index (κ2) is 7.04. The van der Waals surface area contributed by atoms with Crippen LogP contribution in [0, 0.1) is 0 Å². The van der Waals surface area contributed by atoms with Crippen molar-refractivity contribution in [2.45, 2.75) is 25.4 Å². The molecule has 0 aromatic heterocycles. The molecule has 0 unspecified atom stereocenters. The van der Waals surface area contributed by atoms with Crippen LogP contribution in [0.1, 0.15) is 18.4 Å². The Morgan fingerprint density at radius 1 is 1.43 bits per heavy atom. The monoisotopic (exact) mass is 354 g/mol. The molecule has 114 valence electrons. The Labute approximate surface area is 132 Å². The highest BCUT2D eigenvalue weighted by molar-refractivity contribution is 9.10. The number of carboxylic acids is 1. The molecule has 6 heteroatoms. The highest BCUT2D eigenvalue weighted by atomic mass is 79.9. The van der Waals surface area contributed by atoms with Gasteiger partial charge in [-0.2, -0.15) is 0 Å². The van der Waals surface area contributed by atoms with Crippen LogP contribution in [-0.4, -0.2) is 53.0 Å². The van der Waals surface area contributed by atoms with Gasteiger partial charge in [0.05, 0.1) is 6.54 Å². The standard InChI is InChI=1S/C15H19BrN2O3/c1-17(9-11-5-2-3-6-12(11)16)14(19)10-18-8-4-7-13(18)15(20)21/h2-3,5-6,13H,4,7-10H2,1H3,(H,20,21)/t13-/m1/s1. The number of halogens is 1. The fourth-order valence-corrected chi connectivity index (χ4v) is 2.97. The van der Waals surface area contributed by atoms with Crippen molar-refractivity contribution in [3.05, 3.63) is 34.3 Å². The molecule has 1 aliphatic heterocycles. The van der Waals surface area contributed by atoms with Gasteiger partial charge in [0.25, 0.3) is 0 Å². The van der Waals surface area contributed by atoms with Crippen molar-refractivity contribution in [3.63, 3.8) is 0 Å². The Morgan fingerprint density at radius 3 is 2.81 bits per heavy atom. The number of likely N-dealkylation sites (tertiary alicyclic amines) is 1. The zero-order valence-corrected chi connectivity index (χ0v) is 13.5. The SMILES string of the molecule is CN(Cc1ccccc1Br)C(=O)CN1CCC[C@@H]1C(=O)O. The summed E-state index contributed by atoms with van der Waals surface area (Å²) in [5.74, 6) is -0.896. The van der Waals surface area contributed by atoms with E-state index < -0.39 is 12.0 Å². The number of amides is 1. The van der Waals surface area contributed by atoms with E-state index in [2.05, 4.69) is 15.9 Å². The van der Waals surface area contributed by atoms with Crippen molar-refractivity contribution in [2.24, 2.45) is 0 Å². The van der Waals surface area contributed by atoms with Gasteiger partial charge in [0.1, 0.15) is 6.04 Å². The normalized spacial score (nSPS) is 18.7. The molecule has 1 aliphatic rings. The van der Waals surface area contributed by atoms with Gasteiger partial charge in [-0.3, -0.25) is 14.5 Å². The van der Waals surface area contributed by atoms with E-state index >= 15 is 0 Å². The molecule has 0 saturated carbocycles. The predicted octanol–water partition coefficient (Wildman–Crippen LogP) is 1.96. The van der Waals surface area contributed by atoms with E-state index in [1.165, 1.54) is 0 Å². The summed E-state index contributed by atoms with van der Waals surface area (Å²) in [5, 5.41) is 9.13. The molecule has 1 aromatic rings. The minimum absolute atomic E-state index is 0.0566. The van der Waals surface area contributed by atoms with E-state index in [9.17, 15) is 9.59 Å². The van der Waals surface area contributed by atoms with Crippen LogP contribution in [0.5, 0.6) is 0 Å². The van der Waals surface area contributed by atoms with Crippen LogP contribution in [-0.2, 0) is 16.1 Å². The molecule has 0 aliphatic carbocycles. The van der Waals surface area contributed by atoms with Crippen LogP contribution < -0.4 is 0 Å². The molecular formula is C15H19BrN2O3. The molecule has 1 saturated heterocycles. The van der Waals surface area contributed by atoms with Gasteiger partial charge in [-0.25, -0.2) is 0 Å². The lowest BCUT2D eigenvalue weighted by Gasteiger charge is -2.24. The second-order valence-electron chi connectivity index (χ2n) is 5.31. The topological polar surface area (TPSA) is 60.9 Å². The van der Waals surface area contributed by atoms with Crippen LogP contribution in [0.15, 0.2) is 28.7 Å². The summed E-state index contributed by atoms with van der Waals surface area (Å²) < 4.78 is 0.967. The van der Waals surface area contributed by atoms with Crippen molar-refractivity contribution in [3.8, 4) is 0 Å². The third-order valence-corrected chi connectivity index (χ3v) is 4.55. The average molecular weight is 355 g/mol. The molecule has 1 atom stereocenters. The number of hydrogen-bond donors (Lipinski definition) is 1. The molecule has 1 amide bonds. The Balaban J connectivity index is 1.94. The molecule has 1 aromatic carbocycles. The van der Waals surface area contributed by atoms with E-state index in [0.717, 1.165) is 16.5 Å². The van der Waals surface area contributed by atoms with Crippen LogP contribution in [0.4, 0.5) is 0 Å². The summed E-state index contributed by atoms with van der Waals surface area (Å²) in [6.07, 6.45) is 1.45. The third kappa shape index (κ3) is 4.04. The molecule has 0 radical (unpaired) electrons. The molecule has 21 heavy (non-hydrogen) atoms. The summed E-state index contributed by atoms with van der Waals surface area (Å²) >= 11 is 3.46. The van der Waals surface area contributed by atoms with Crippen molar-refractivity contribution < 1.29 is 14.7 Å². The van der Waals surface area contributed by atoms with E-state index in [0.29, 0.717) is 19.5 Å². The first-order valence-corrected chi connectivity index (χ1v) is 7.72. The van der Waals surface area contributed by atoms with Gasteiger partial charge in [-0.15, -0.1) is 0 Å². The number of nitrogens with zero attached hydrogens (tertiary/aromatic N) is 2. The Hall–Kier alpha value is -1.40. The number of benzene rings is 1. The van der Waals surface area contributed by atoms with Crippen molar-refractivity contribution in [1.29, 1.82) is 0 Å². The highest BCUT2D eigenvalue weighted by Gasteiger charge is 2.32. The van der Waals surface area contributed by atoms with Gasteiger partial charge in [0.15, 0.2) is 0 Å². The zero-order chi connectivity index (χ0) is 15.4. The van der Waals surface area contributed by atoms with E-state index in [1.54, 1.807) is 16.8 Å². The number of carbonyl (C=O) groups is 2. The number of aliphatic carboxylic acids is 1. The van der Waals surface area contributed by atoms with Gasteiger partial charge in [0.2, 0.25) is 5.91 Å². The number of likely N-dealkylation sites (N-methyl/N-ethyl adjacent to an activating group) is 1. The zero-order valence-electron chi connectivity index (χ0n) is 12.0. The summed E-state index contributed by atoms with van der Waals surface area (Å²) in [7, 11) is 1.74. The fourth-order valence-electron chi connectivity index (χ4n) is 2.56. The minimum Gasteiger partial charge on any atom is -0.480 e. The summed E-state index contributed by atoms with van der Waals surface area (Å²) in [5.41, 5.74) is 1.03. The Morgan fingerprint density at radius 2 is 2.14 bits per heavy atom. The predicted molar refractivity (Wildman–Crippen MR) is 82.8 cm³/mol. The number of carboxylic acid groups (broad SMARTS) is 1. The van der Waals surface area contributed by atoms with E-state index in [-0.39, 0.29) is 12.5 Å². The first-order valence-electron chi connectivity index (χ1n) is 6.93. The Kier molecular flexibility index (Phi) is 5.36. The van der Waals surface area contributed by atoms with Gasteiger partial charge in [-0.1, -0.05) is 34.1 Å². The molecule has 5 nitrogen and oxygen atoms in total. The molecule has 2 rings (SSSR count). The maximum Gasteiger partial charge on any atom is 0.320 e. The lowest BCUT2D eigenvalue weighted by Crippen LogP contribution is -2.43. The van der Waals surface area contributed by atoms with E-state index in [1.807, 2.05) is 24.3 Å². The summed E-state index contributed by atoms with van der Waals surface area (Å²) in [6.45, 7) is 1.34. The minimum atomic E-state index is -0.839. The fraction of sp³-hybridized carbons (Fsp3) is 0.467. The highest BCUT2D eigenvalue weighted by Crippen LogP contribution is 2.19. The quantitative estimate of drug-likeness (QED) is 0.877. The number of carbonyl (C=O) groups excluding carboxylic acids is 1. The maximum absolute atomic E-state index is 12.3. The van der Waals surface area contributed by atoms with Crippen molar-refractivity contribution in [2.75, 3.05) is 20.1 Å². The number of hydrogen-bond acceptors (Lipinski definition) is 3. The van der Waals surface area contributed by atoms with Crippen LogP contribution >= 0.6 is 15.9 Å². The molecule has 0 spiro atoms. The number of rotatable bonds is 5. The lowest BCUT2D eigenvalue weighted by atomic mass is 10.2. The smallest absolute Gasteiger partial charge is 0.320 e. The first kappa shape index (κ1) is 16.0. The summed E-state index contributed by atoms with van der Waals surface area (Å²) in [4.78, 5) is 26.8. The lowest BCUT2D eigenvalue weighted by molar-refractivity contribution is -0.143. The second-order valence-corrected chi connectivity index (χ2v) is 6.16.